The number of rotatable bonds is 43. The van der Waals surface area contributed by atoms with Crippen molar-refractivity contribution in [2.45, 2.75) is 238 Å². The molecular weight excluding hydrogens is 743 g/mol. The fourth-order valence-electron chi connectivity index (χ4n) is 7.09. The zero-order valence-electron chi connectivity index (χ0n) is 39.1. The summed E-state index contributed by atoms with van der Waals surface area (Å²) in [5.74, 6) is -0.542. The quantitative estimate of drug-likeness (QED) is 0.0323. The second-order valence-corrected chi connectivity index (χ2v) is 16.6. The summed E-state index contributed by atoms with van der Waals surface area (Å²) in [6.07, 6.45) is 60.6. The van der Waals surface area contributed by atoms with Gasteiger partial charge in [-0.3, -0.25) is 9.59 Å². The van der Waals surface area contributed by atoms with Crippen molar-refractivity contribution in [3.05, 3.63) is 85.1 Å². The highest BCUT2D eigenvalue weighted by Gasteiger charge is 2.24. The molecule has 0 spiro atoms. The second-order valence-electron chi connectivity index (χ2n) is 16.6. The van der Waals surface area contributed by atoms with Crippen LogP contribution in [0.4, 0.5) is 0 Å². The van der Waals surface area contributed by atoms with Crippen LogP contribution in [0.1, 0.15) is 220 Å². The maximum Gasteiger partial charge on any atom is 0.306 e. The van der Waals surface area contributed by atoms with Gasteiger partial charge in [-0.15, -0.1) is 0 Å². The highest BCUT2D eigenvalue weighted by Crippen LogP contribution is 2.17. The van der Waals surface area contributed by atoms with Gasteiger partial charge in [-0.2, -0.15) is 0 Å². The second kappa shape index (κ2) is 47.1. The lowest BCUT2D eigenvalue weighted by Gasteiger charge is -2.24. The molecule has 344 valence electrons. The zero-order chi connectivity index (χ0) is 43.8. The lowest BCUT2D eigenvalue weighted by molar-refractivity contribution is -0.151. The van der Waals surface area contributed by atoms with Gasteiger partial charge in [0.1, 0.15) is 6.10 Å². The fourth-order valence-corrected chi connectivity index (χ4v) is 7.09. The van der Waals surface area contributed by atoms with Crippen molar-refractivity contribution in [2.75, 3.05) is 6.61 Å². The van der Waals surface area contributed by atoms with Gasteiger partial charge in [0.25, 0.3) is 0 Å². The topological polar surface area (TPSA) is 95.9 Å². The lowest BCUT2D eigenvalue weighted by Crippen LogP contribution is -2.46. The molecule has 6 heteroatoms. The van der Waals surface area contributed by atoms with Crippen LogP contribution >= 0.6 is 0 Å². The summed E-state index contributed by atoms with van der Waals surface area (Å²) in [5, 5.41) is 23.7. The van der Waals surface area contributed by atoms with E-state index in [-0.39, 0.29) is 24.9 Å². The summed E-state index contributed by atoms with van der Waals surface area (Å²) < 4.78 is 5.90. The number of nitrogens with one attached hydrogen (secondary N) is 1. The highest BCUT2D eigenvalue weighted by molar-refractivity contribution is 5.77. The average molecular weight is 836 g/mol. The van der Waals surface area contributed by atoms with E-state index >= 15 is 0 Å². The number of hydrogen-bond donors (Lipinski definition) is 3. The van der Waals surface area contributed by atoms with Crippen LogP contribution in [0.25, 0.3) is 0 Å². The molecule has 0 fully saturated rings. The molecule has 3 atom stereocenters. The maximum atomic E-state index is 13.2. The third-order valence-electron chi connectivity index (χ3n) is 10.9. The van der Waals surface area contributed by atoms with E-state index in [0.29, 0.717) is 19.3 Å². The van der Waals surface area contributed by atoms with E-state index in [2.05, 4.69) is 105 Å². The number of allylic oxidation sites excluding steroid dienone is 14. The molecule has 0 aromatic heterocycles. The Hall–Kier alpha value is -2.96. The molecule has 0 radical (unpaired) electrons. The number of hydrogen-bond acceptors (Lipinski definition) is 5. The third-order valence-corrected chi connectivity index (χ3v) is 10.9. The fraction of sp³-hybridized carbons (Fsp3) is 0.704. The van der Waals surface area contributed by atoms with E-state index in [1.165, 1.54) is 77.0 Å². The Balaban J connectivity index is 4.74. The number of ether oxygens (including phenoxy) is 1. The zero-order valence-corrected chi connectivity index (χ0v) is 39.1. The van der Waals surface area contributed by atoms with Crippen LogP contribution < -0.4 is 5.32 Å². The summed E-state index contributed by atoms with van der Waals surface area (Å²) in [5.41, 5.74) is 0. The Kier molecular flexibility index (Phi) is 44.8. The number of carbonyl (C=O) groups excluding carboxylic acids is 2. The molecule has 0 saturated heterocycles. The first-order valence-electron chi connectivity index (χ1n) is 24.9. The van der Waals surface area contributed by atoms with Crippen LogP contribution in [-0.2, 0) is 14.3 Å². The molecule has 0 aliphatic heterocycles. The Morgan fingerprint density at radius 1 is 0.500 bits per heavy atom. The van der Waals surface area contributed by atoms with Gasteiger partial charge in [0, 0.05) is 6.42 Å². The Bertz CT molecular complexity index is 1160. The summed E-state index contributed by atoms with van der Waals surface area (Å²) in [6.45, 7) is 6.28. The summed E-state index contributed by atoms with van der Waals surface area (Å²) in [6, 6.07) is -0.722. The van der Waals surface area contributed by atoms with Crippen molar-refractivity contribution in [3.63, 3.8) is 0 Å². The van der Waals surface area contributed by atoms with Crippen molar-refractivity contribution >= 4 is 11.9 Å². The number of esters is 1. The van der Waals surface area contributed by atoms with Gasteiger partial charge in [0.15, 0.2) is 0 Å². The molecule has 60 heavy (non-hydrogen) atoms. The molecule has 1 amide bonds. The van der Waals surface area contributed by atoms with E-state index in [0.717, 1.165) is 96.3 Å². The molecular formula is C54H93NO5. The van der Waals surface area contributed by atoms with Crippen molar-refractivity contribution in [1.82, 2.24) is 5.32 Å². The molecule has 0 bridgehead atoms. The smallest absolute Gasteiger partial charge is 0.306 e. The van der Waals surface area contributed by atoms with Crippen LogP contribution in [-0.4, -0.2) is 46.9 Å². The van der Waals surface area contributed by atoms with E-state index < -0.39 is 18.2 Å². The molecule has 6 nitrogen and oxygen atoms in total. The van der Waals surface area contributed by atoms with Crippen LogP contribution in [0.3, 0.4) is 0 Å². The standard InChI is InChI=1S/C54H93NO5/c1-4-7-10-13-16-19-22-25-26-27-29-30-33-36-39-42-45-50(60-54(59)47-44-41-38-35-32-28-23-20-17-14-11-8-5-2)48-53(58)55-51(49-56)52(57)46-43-40-37-34-31-24-21-18-15-12-9-6-3/h8,11,14,16-17,19-20,22-23,25-27,29-30,50-52,56-57H,4-7,9-10,12-13,15,18,21,24,28,31-49H2,1-3H3,(H,55,58)/b11-8+,17-14+,19-16+,23-20-,25-22+,27-26+,30-29+. The number of aliphatic hydroxyl groups excluding tert-OH is 2. The van der Waals surface area contributed by atoms with Gasteiger partial charge in [-0.1, -0.05) is 221 Å². The number of carbonyl (C=O) groups is 2. The van der Waals surface area contributed by atoms with E-state index in [9.17, 15) is 19.8 Å². The first kappa shape index (κ1) is 57.0. The normalized spacial score (nSPS) is 14.0. The third kappa shape index (κ3) is 41.8. The largest absolute Gasteiger partial charge is 0.462 e. The minimum atomic E-state index is -0.806. The minimum Gasteiger partial charge on any atom is -0.462 e. The SMILES string of the molecule is CC/C=C/C=C/C=C\CCCCCCCC(=O)OC(CCCCC/C=C/C=C/C=C/C=C/CCCCC)CC(=O)NC(CO)C(O)CCCCCCCCCCCCCC. The lowest BCUT2D eigenvalue weighted by atomic mass is 10.0. The Morgan fingerprint density at radius 3 is 1.42 bits per heavy atom. The number of aliphatic hydroxyl groups is 2. The summed E-state index contributed by atoms with van der Waals surface area (Å²) in [4.78, 5) is 26.1. The van der Waals surface area contributed by atoms with E-state index in [1.54, 1.807) is 0 Å². The van der Waals surface area contributed by atoms with Gasteiger partial charge in [0.05, 0.1) is 25.2 Å². The van der Waals surface area contributed by atoms with Crippen LogP contribution in [0.15, 0.2) is 85.1 Å². The molecule has 0 aromatic rings. The van der Waals surface area contributed by atoms with Crippen molar-refractivity contribution < 1.29 is 24.5 Å². The van der Waals surface area contributed by atoms with Crippen molar-refractivity contribution in [3.8, 4) is 0 Å². The van der Waals surface area contributed by atoms with Crippen molar-refractivity contribution in [1.29, 1.82) is 0 Å². The maximum absolute atomic E-state index is 13.2. The Labute approximate surface area is 370 Å². The van der Waals surface area contributed by atoms with Gasteiger partial charge < -0.3 is 20.3 Å². The van der Waals surface area contributed by atoms with Gasteiger partial charge in [0.2, 0.25) is 5.91 Å². The predicted molar refractivity (Wildman–Crippen MR) is 259 cm³/mol. The molecule has 0 aliphatic rings. The number of amides is 1. The first-order chi connectivity index (χ1) is 29.5. The molecule has 3 N–H and O–H groups in total. The minimum absolute atomic E-state index is 0.0390. The van der Waals surface area contributed by atoms with Gasteiger partial charge in [-0.05, 0) is 70.6 Å². The monoisotopic (exact) mass is 836 g/mol. The predicted octanol–water partition coefficient (Wildman–Crippen LogP) is 14.8. The molecule has 0 heterocycles. The van der Waals surface area contributed by atoms with Crippen LogP contribution in [0.5, 0.6) is 0 Å². The van der Waals surface area contributed by atoms with E-state index in [1.807, 2.05) is 6.08 Å². The average Bonchev–Trinajstić information content (AvgIpc) is 3.24. The molecule has 0 rings (SSSR count). The highest BCUT2D eigenvalue weighted by atomic mass is 16.5. The summed E-state index contributed by atoms with van der Waals surface area (Å²) in [7, 11) is 0. The van der Waals surface area contributed by atoms with E-state index in [4.69, 9.17) is 4.74 Å². The first-order valence-corrected chi connectivity index (χ1v) is 24.9. The molecule has 0 saturated carbocycles. The molecule has 0 aliphatic carbocycles. The Morgan fingerprint density at radius 2 is 0.900 bits per heavy atom. The summed E-state index contributed by atoms with van der Waals surface area (Å²) >= 11 is 0. The van der Waals surface area contributed by atoms with Gasteiger partial charge in [-0.25, -0.2) is 0 Å². The van der Waals surface area contributed by atoms with Gasteiger partial charge >= 0.3 is 5.97 Å². The van der Waals surface area contributed by atoms with Crippen LogP contribution in [0.2, 0.25) is 0 Å². The molecule has 3 unspecified atom stereocenters. The van der Waals surface area contributed by atoms with Crippen molar-refractivity contribution in [2.24, 2.45) is 0 Å². The number of unbranched alkanes of at least 4 members (excludes halogenated alkanes) is 22. The van der Waals surface area contributed by atoms with Crippen LogP contribution in [0, 0.1) is 0 Å². The molecule has 0 aromatic carbocycles.